The number of pyridine rings is 1. The van der Waals surface area contributed by atoms with Gasteiger partial charge in [-0.3, -0.25) is 0 Å². The Morgan fingerprint density at radius 1 is 1.50 bits per heavy atom. The van der Waals surface area contributed by atoms with Gasteiger partial charge in [0.1, 0.15) is 4.60 Å². The Labute approximate surface area is 89.4 Å². The summed E-state index contributed by atoms with van der Waals surface area (Å²) < 4.78 is 25.8. The van der Waals surface area contributed by atoms with Crippen molar-refractivity contribution >= 4 is 32.0 Å². The van der Waals surface area contributed by atoms with E-state index in [0.717, 1.165) is 6.26 Å². The van der Waals surface area contributed by atoms with Crippen molar-refractivity contribution in [3.8, 4) is 0 Å². The number of carbonyl (C=O) groups is 1. The van der Waals surface area contributed by atoms with E-state index in [0.29, 0.717) is 4.60 Å². The second-order valence-electron chi connectivity index (χ2n) is 2.42. The van der Waals surface area contributed by atoms with Crippen LogP contribution in [0.4, 0.5) is 0 Å². The zero-order chi connectivity index (χ0) is 10.8. The van der Waals surface area contributed by atoms with Crippen LogP contribution in [0, 0.1) is 0 Å². The van der Waals surface area contributed by atoms with Gasteiger partial charge in [-0.2, -0.15) is 8.42 Å². The third-order valence-corrected chi connectivity index (χ3v) is 2.05. The first-order valence-electron chi connectivity index (χ1n) is 3.45. The van der Waals surface area contributed by atoms with E-state index in [-0.39, 0.29) is 5.69 Å². The number of rotatable bonds is 2. The lowest BCUT2D eigenvalue weighted by Gasteiger charge is -2.00. The zero-order valence-electron chi connectivity index (χ0n) is 7.10. The molecular weight excluding hydrogens is 274 g/mol. The van der Waals surface area contributed by atoms with Gasteiger partial charge in [0, 0.05) is 0 Å². The Balaban J connectivity index is 2.91. The summed E-state index contributed by atoms with van der Waals surface area (Å²) in [6.45, 7) is 0. The molecule has 0 saturated carbocycles. The quantitative estimate of drug-likeness (QED) is 0.596. The summed E-state index contributed by atoms with van der Waals surface area (Å²) >= 11 is 3.04. The van der Waals surface area contributed by atoms with Crippen molar-refractivity contribution in [2.75, 3.05) is 6.26 Å². The van der Waals surface area contributed by atoms with Crippen LogP contribution in [0.3, 0.4) is 0 Å². The Kier molecular flexibility index (Phi) is 3.22. The van der Waals surface area contributed by atoms with Gasteiger partial charge in [0.15, 0.2) is 5.69 Å². The number of hydrogen-bond acceptors (Lipinski definition) is 5. The fraction of sp³-hybridized carbons (Fsp3) is 0.143. The van der Waals surface area contributed by atoms with Crippen molar-refractivity contribution in [2.45, 2.75) is 0 Å². The molecule has 0 unspecified atom stereocenters. The maximum absolute atomic E-state index is 11.1. The number of aromatic nitrogens is 1. The van der Waals surface area contributed by atoms with Crippen molar-refractivity contribution < 1.29 is 17.4 Å². The minimum Gasteiger partial charge on any atom is -0.340 e. The van der Waals surface area contributed by atoms with Crippen LogP contribution in [0.1, 0.15) is 10.5 Å². The Morgan fingerprint density at radius 2 is 2.14 bits per heavy atom. The molecule has 0 amide bonds. The summed E-state index contributed by atoms with van der Waals surface area (Å²) in [7, 11) is -3.79. The highest BCUT2D eigenvalue weighted by molar-refractivity contribution is 9.10. The molecule has 1 aromatic rings. The standard InChI is InChI=1S/C7H6BrNO4S/c1-14(11,12)13-7(10)5-3-2-4-6(8)9-5/h2-4H,1H3. The van der Waals surface area contributed by atoms with Gasteiger partial charge in [0.2, 0.25) is 0 Å². The van der Waals surface area contributed by atoms with Crippen molar-refractivity contribution in [1.29, 1.82) is 0 Å². The van der Waals surface area contributed by atoms with Crippen molar-refractivity contribution in [3.63, 3.8) is 0 Å². The average molecular weight is 280 g/mol. The third kappa shape index (κ3) is 3.43. The highest BCUT2D eigenvalue weighted by Crippen LogP contribution is 2.07. The Morgan fingerprint density at radius 3 is 2.64 bits per heavy atom. The van der Waals surface area contributed by atoms with Crippen LogP contribution < -0.4 is 0 Å². The zero-order valence-corrected chi connectivity index (χ0v) is 9.50. The van der Waals surface area contributed by atoms with Crippen LogP contribution in [0.15, 0.2) is 22.8 Å². The fourth-order valence-electron chi connectivity index (χ4n) is 0.702. The first kappa shape index (κ1) is 11.1. The molecule has 1 heterocycles. The van der Waals surface area contributed by atoms with E-state index in [4.69, 9.17) is 0 Å². The van der Waals surface area contributed by atoms with E-state index < -0.39 is 16.1 Å². The molecule has 0 aromatic carbocycles. The minimum absolute atomic E-state index is 0.0650. The molecule has 0 saturated heterocycles. The highest BCUT2D eigenvalue weighted by Gasteiger charge is 2.14. The third-order valence-electron chi connectivity index (χ3n) is 1.15. The lowest BCUT2D eigenvalue weighted by Crippen LogP contribution is -2.12. The molecule has 5 nitrogen and oxygen atoms in total. The number of carbonyl (C=O) groups excluding carboxylic acids is 1. The summed E-state index contributed by atoms with van der Waals surface area (Å²) in [6, 6.07) is 4.52. The highest BCUT2D eigenvalue weighted by atomic mass is 79.9. The molecule has 1 rings (SSSR count). The van der Waals surface area contributed by atoms with Crippen molar-refractivity contribution in [2.24, 2.45) is 0 Å². The summed E-state index contributed by atoms with van der Waals surface area (Å²) in [4.78, 5) is 14.9. The minimum atomic E-state index is -3.79. The maximum atomic E-state index is 11.1. The van der Waals surface area contributed by atoms with Crippen molar-refractivity contribution in [1.82, 2.24) is 4.98 Å². The maximum Gasteiger partial charge on any atom is 0.372 e. The Bertz CT molecular complexity index is 457. The molecule has 0 radical (unpaired) electrons. The van der Waals surface area contributed by atoms with Gasteiger partial charge in [-0.25, -0.2) is 9.78 Å². The first-order valence-corrected chi connectivity index (χ1v) is 6.06. The summed E-state index contributed by atoms with van der Waals surface area (Å²) in [5.41, 5.74) is -0.0650. The van der Waals surface area contributed by atoms with Crippen LogP contribution in [-0.2, 0) is 14.3 Å². The van der Waals surface area contributed by atoms with Gasteiger partial charge in [-0.1, -0.05) is 6.07 Å². The SMILES string of the molecule is CS(=O)(=O)OC(=O)c1cccc(Br)n1. The van der Waals surface area contributed by atoms with Crippen molar-refractivity contribution in [3.05, 3.63) is 28.5 Å². The molecule has 0 aliphatic carbocycles. The normalized spacial score (nSPS) is 11.0. The lowest BCUT2D eigenvalue weighted by atomic mass is 10.4. The molecule has 7 heteroatoms. The first-order chi connectivity index (χ1) is 6.38. The van der Waals surface area contributed by atoms with E-state index >= 15 is 0 Å². The predicted octanol–water partition coefficient (Wildman–Crippen LogP) is 0.961. The van der Waals surface area contributed by atoms with Crippen LogP contribution in [0.25, 0.3) is 0 Å². The predicted molar refractivity (Wildman–Crippen MR) is 52.2 cm³/mol. The van der Waals surface area contributed by atoms with Crippen LogP contribution >= 0.6 is 15.9 Å². The van der Waals surface area contributed by atoms with Gasteiger partial charge >= 0.3 is 16.1 Å². The summed E-state index contributed by atoms with van der Waals surface area (Å²) in [5, 5.41) is 0. The molecule has 0 bridgehead atoms. The number of hydrogen-bond donors (Lipinski definition) is 0. The van der Waals surface area contributed by atoms with Crippen LogP contribution in [0.5, 0.6) is 0 Å². The molecule has 76 valence electrons. The monoisotopic (exact) mass is 279 g/mol. The largest absolute Gasteiger partial charge is 0.372 e. The van der Waals surface area contributed by atoms with E-state index in [2.05, 4.69) is 25.1 Å². The molecule has 14 heavy (non-hydrogen) atoms. The van der Waals surface area contributed by atoms with Gasteiger partial charge in [-0.15, -0.1) is 0 Å². The van der Waals surface area contributed by atoms with E-state index in [1.165, 1.54) is 6.07 Å². The fourth-order valence-corrected chi connectivity index (χ4v) is 1.41. The van der Waals surface area contributed by atoms with Crippen LogP contribution in [-0.4, -0.2) is 25.6 Å². The smallest absolute Gasteiger partial charge is 0.340 e. The van der Waals surface area contributed by atoms with Gasteiger partial charge in [-0.05, 0) is 28.1 Å². The molecule has 0 aliphatic heterocycles. The average Bonchev–Trinajstić information content (AvgIpc) is 2.01. The van der Waals surface area contributed by atoms with E-state index in [1.807, 2.05) is 0 Å². The molecule has 0 spiro atoms. The summed E-state index contributed by atoms with van der Waals surface area (Å²) in [6.07, 6.45) is 0.795. The van der Waals surface area contributed by atoms with Gasteiger partial charge < -0.3 is 4.18 Å². The molecule has 0 fully saturated rings. The molecule has 1 aromatic heterocycles. The molecular formula is C7H6BrNO4S. The Hall–Kier alpha value is -0.950. The molecule has 0 N–H and O–H groups in total. The molecule has 0 aliphatic rings. The molecule has 0 atom stereocenters. The lowest BCUT2D eigenvalue weighted by molar-refractivity contribution is 0.0742. The summed E-state index contributed by atoms with van der Waals surface area (Å²) in [5.74, 6) is -0.992. The topological polar surface area (TPSA) is 73.3 Å². The number of halogens is 1. The second-order valence-corrected chi connectivity index (χ2v) is 4.81. The van der Waals surface area contributed by atoms with E-state index in [9.17, 15) is 13.2 Å². The van der Waals surface area contributed by atoms with Gasteiger partial charge in [0.25, 0.3) is 0 Å². The van der Waals surface area contributed by atoms with E-state index in [1.54, 1.807) is 12.1 Å². The van der Waals surface area contributed by atoms with Crippen LogP contribution in [0.2, 0.25) is 0 Å². The second kappa shape index (κ2) is 4.05. The van der Waals surface area contributed by atoms with Gasteiger partial charge in [0.05, 0.1) is 6.26 Å². The number of nitrogens with zero attached hydrogens (tertiary/aromatic N) is 1.